The van der Waals surface area contributed by atoms with Gasteiger partial charge in [0.2, 0.25) is 17.7 Å². The molecule has 0 bridgehead atoms. The number of nitrogens with one attached hydrogen (secondary N) is 2. The van der Waals surface area contributed by atoms with Crippen molar-refractivity contribution in [2.75, 3.05) is 13.2 Å². The van der Waals surface area contributed by atoms with Crippen LogP contribution in [0.2, 0.25) is 0 Å². The van der Waals surface area contributed by atoms with Gasteiger partial charge >= 0.3 is 0 Å². The van der Waals surface area contributed by atoms with Gasteiger partial charge in [0.05, 0.1) is 24.6 Å². The molecule has 1 heterocycles. The third-order valence-electron chi connectivity index (χ3n) is 3.51. The smallest absolute Gasteiger partial charge is 0.246 e. The summed E-state index contributed by atoms with van der Waals surface area (Å²) in [6.07, 6.45) is -0.657. The molecule has 1 aromatic carbocycles. The van der Waals surface area contributed by atoms with Gasteiger partial charge in [-0.25, -0.2) is 0 Å². The molecule has 8 nitrogen and oxygen atoms in total. The van der Waals surface area contributed by atoms with E-state index in [4.69, 9.17) is 16.2 Å². The van der Waals surface area contributed by atoms with Crippen molar-refractivity contribution in [1.82, 2.24) is 10.6 Å². The number of primary amides is 1. The van der Waals surface area contributed by atoms with Crippen molar-refractivity contribution in [3.05, 3.63) is 35.9 Å². The number of rotatable bonds is 6. The highest BCUT2D eigenvalue weighted by Gasteiger charge is 2.31. The van der Waals surface area contributed by atoms with Crippen molar-refractivity contribution in [2.24, 2.45) is 11.5 Å². The SMILES string of the molecule is Cl.NC(=O)CC(N)C(=O)NC[C@@H]1OCC(=O)N[C@@H]1c1ccccc1. The van der Waals surface area contributed by atoms with Crippen LogP contribution in [0.3, 0.4) is 0 Å². The Morgan fingerprint density at radius 3 is 2.62 bits per heavy atom. The first-order chi connectivity index (χ1) is 11.0. The van der Waals surface area contributed by atoms with Gasteiger partial charge in [0.1, 0.15) is 6.61 Å². The summed E-state index contributed by atoms with van der Waals surface area (Å²) in [5.74, 6) is -1.35. The molecule has 24 heavy (non-hydrogen) atoms. The van der Waals surface area contributed by atoms with Gasteiger partial charge in [-0.3, -0.25) is 14.4 Å². The van der Waals surface area contributed by atoms with Gasteiger partial charge < -0.3 is 26.8 Å². The molecular formula is C15H21ClN4O4. The summed E-state index contributed by atoms with van der Waals surface area (Å²) in [4.78, 5) is 34.2. The van der Waals surface area contributed by atoms with E-state index in [9.17, 15) is 14.4 Å². The van der Waals surface area contributed by atoms with Crippen LogP contribution in [0, 0.1) is 0 Å². The highest BCUT2D eigenvalue weighted by molar-refractivity contribution is 5.87. The lowest BCUT2D eigenvalue weighted by Crippen LogP contribution is -2.52. The number of amides is 3. The summed E-state index contributed by atoms with van der Waals surface area (Å²) in [6.45, 7) is 0.0857. The molecule has 2 rings (SSSR count). The van der Waals surface area contributed by atoms with E-state index in [0.717, 1.165) is 5.56 Å². The van der Waals surface area contributed by atoms with E-state index in [1.54, 1.807) is 0 Å². The predicted molar refractivity (Wildman–Crippen MR) is 89.1 cm³/mol. The third-order valence-corrected chi connectivity index (χ3v) is 3.51. The molecule has 1 saturated heterocycles. The molecule has 1 aliphatic rings. The van der Waals surface area contributed by atoms with Gasteiger partial charge in [0.15, 0.2) is 0 Å². The van der Waals surface area contributed by atoms with Crippen LogP contribution in [0.4, 0.5) is 0 Å². The van der Waals surface area contributed by atoms with Crippen LogP contribution < -0.4 is 22.1 Å². The van der Waals surface area contributed by atoms with Crippen LogP contribution in [0.5, 0.6) is 0 Å². The first-order valence-electron chi connectivity index (χ1n) is 7.25. The van der Waals surface area contributed by atoms with Crippen LogP contribution >= 0.6 is 12.4 Å². The molecule has 0 radical (unpaired) electrons. The maximum absolute atomic E-state index is 11.8. The van der Waals surface area contributed by atoms with Gasteiger partial charge in [0.25, 0.3) is 0 Å². The Morgan fingerprint density at radius 2 is 2.00 bits per heavy atom. The lowest BCUT2D eigenvalue weighted by atomic mass is 9.99. The van der Waals surface area contributed by atoms with Crippen LogP contribution in [0.1, 0.15) is 18.0 Å². The number of hydrogen-bond donors (Lipinski definition) is 4. The van der Waals surface area contributed by atoms with Crippen molar-refractivity contribution >= 4 is 30.1 Å². The van der Waals surface area contributed by atoms with E-state index >= 15 is 0 Å². The second-order valence-electron chi connectivity index (χ2n) is 5.33. The van der Waals surface area contributed by atoms with Crippen molar-refractivity contribution in [1.29, 1.82) is 0 Å². The quantitative estimate of drug-likeness (QED) is 0.517. The standard InChI is InChI=1S/C15H20N4O4.ClH/c16-10(6-12(17)20)15(22)18-7-11-14(19-13(21)8-23-11)9-4-2-1-3-5-9;/h1-5,10-11,14H,6-8,16H2,(H2,17,20)(H,18,22)(H,19,21);1H/t10?,11-,14+;/m0./s1. The Morgan fingerprint density at radius 1 is 1.33 bits per heavy atom. The summed E-state index contributed by atoms with van der Waals surface area (Å²) >= 11 is 0. The summed E-state index contributed by atoms with van der Waals surface area (Å²) in [6, 6.07) is 7.95. The largest absolute Gasteiger partial charge is 0.370 e. The lowest BCUT2D eigenvalue weighted by Gasteiger charge is -2.33. The van der Waals surface area contributed by atoms with Crippen LogP contribution in [-0.2, 0) is 19.1 Å². The fraction of sp³-hybridized carbons (Fsp3) is 0.400. The molecule has 0 saturated carbocycles. The van der Waals surface area contributed by atoms with E-state index in [-0.39, 0.29) is 43.9 Å². The zero-order valence-electron chi connectivity index (χ0n) is 12.9. The van der Waals surface area contributed by atoms with Gasteiger partial charge in [-0.1, -0.05) is 30.3 Å². The molecule has 1 unspecified atom stereocenters. The average Bonchev–Trinajstić information content (AvgIpc) is 2.53. The van der Waals surface area contributed by atoms with E-state index in [2.05, 4.69) is 10.6 Å². The summed E-state index contributed by atoms with van der Waals surface area (Å²) in [7, 11) is 0. The minimum atomic E-state index is -0.999. The molecule has 6 N–H and O–H groups in total. The van der Waals surface area contributed by atoms with Crippen molar-refractivity contribution in [3.63, 3.8) is 0 Å². The van der Waals surface area contributed by atoms with Crippen molar-refractivity contribution in [3.8, 4) is 0 Å². The fourth-order valence-electron chi connectivity index (χ4n) is 2.36. The number of hydrogen-bond acceptors (Lipinski definition) is 5. The number of ether oxygens (including phenoxy) is 1. The van der Waals surface area contributed by atoms with Crippen molar-refractivity contribution in [2.45, 2.75) is 24.6 Å². The number of carbonyl (C=O) groups is 3. The maximum atomic E-state index is 11.8. The van der Waals surface area contributed by atoms with E-state index in [1.165, 1.54) is 0 Å². The lowest BCUT2D eigenvalue weighted by molar-refractivity contribution is -0.137. The van der Waals surface area contributed by atoms with Crippen LogP contribution in [0.25, 0.3) is 0 Å². The molecule has 1 aromatic rings. The first kappa shape index (κ1) is 19.9. The van der Waals surface area contributed by atoms with E-state index in [1.807, 2.05) is 30.3 Å². The Bertz CT molecular complexity index is 584. The second-order valence-corrected chi connectivity index (χ2v) is 5.33. The normalized spacial score (nSPS) is 21.1. The Labute approximate surface area is 145 Å². The molecule has 0 spiro atoms. The number of morpholine rings is 1. The molecule has 1 fully saturated rings. The Balaban J connectivity index is 0.00000288. The number of carbonyl (C=O) groups excluding carboxylic acids is 3. The first-order valence-corrected chi connectivity index (χ1v) is 7.25. The average molecular weight is 357 g/mol. The monoisotopic (exact) mass is 356 g/mol. The minimum absolute atomic E-state index is 0. The van der Waals surface area contributed by atoms with E-state index in [0.29, 0.717) is 0 Å². The number of halogens is 1. The summed E-state index contributed by atoms with van der Waals surface area (Å²) in [5, 5.41) is 5.47. The van der Waals surface area contributed by atoms with Gasteiger partial charge in [-0.2, -0.15) is 0 Å². The second kappa shape index (κ2) is 9.21. The molecule has 132 valence electrons. The van der Waals surface area contributed by atoms with Crippen LogP contribution in [-0.4, -0.2) is 43.0 Å². The molecule has 0 aromatic heterocycles. The molecule has 0 aliphatic carbocycles. The molecule has 1 aliphatic heterocycles. The molecule has 3 atom stereocenters. The van der Waals surface area contributed by atoms with Gasteiger partial charge in [0, 0.05) is 6.54 Å². The van der Waals surface area contributed by atoms with Gasteiger partial charge in [-0.15, -0.1) is 12.4 Å². The number of nitrogens with two attached hydrogens (primary N) is 2. The Kier molecular flexibility index (Phi) is 7.63. The fourth-order valence-corrected chi connectivity index (χ4v) is 2.36. The van der Waals surface area contributed by atoms with Crippen LogP contribution in [0.15, 0.2) is 30.3 Å². The molecular weight excluding hydrogens is 336 g/mol. The summed E-state index contributed by atoms with van der Waals surface area (Å²) < 4.78 is 5.51. The predicted octanol–water partition coefficient (Wildman–Crippen LogP) is -1.02. The van der Waals surface area contributed by atoms with E-state index < -0.39 is 24.0 Å². The van der Waals surface area contributed by atoms with Gasteiger partial charge in [-0.05, 0) is 5.56 Å². The maximum Gasteiger partial charge on any atom is 0.246 e. The zero-order valence-corrected chi connectivity index (χ0v) is 13.8. The highest BCUT2D eigenvalue weighted by Crippen LogP contribution is 2.21. The Hall–Kier alpha value is -2.16. The molecule has 9 heteroatoms. The summed E-state index contributed by atoms with van der Waals surface area (Å²) in [5.41, 5.74) is 11.5. The number of benzene rings is 1. The minimum Gasteiger partial charge on any atom is -0.370 e. The highest BCUT2D eigenvalue weighted by atomic mass is 35.5. The third kappa shape index (κ3) is 5.48. The zero-order chi connectivity index (χ0) is 16.8. The van der Waals surface area contributed by atoms with Crippen molar-refractivity contribution < 1.29 is 19.1 Å². The topological polar surface area (TPSA) is 137 Å². The molecule has 3 amide bonds.